The molecule has 1 N–H and O–H groups in total. The van der Waals surface area contributed by atoms with Gasteiger partial charge in [0.1, 0.15) is 11.2 Å². The normalized spacial score (nSPS) is 15.1. The van der Waals surface area contributed by atoms with E-state index in [9.17, 15) is 0 Å². The van der Waals surface area contributed by atoms with Crippen LogP contribution in [0, 0.1) is 0 Å². The number of likely N-dealkylation sites (N-methyl/N-ethyl adjacent to an activating group) is 1. The molecule has 8 nitrogen and oxygen atoms in total. The van der Waals surface area contributed by atoms with Crippen LogP contribution in [0.25, 0.3) is 44.6 Å². The summed E-state index contributed by atoms with van der Waals surface area (Å²) in [6.45, 7) is 4.34. The Kier molecular flexibility index (Phi) is 4.39. The van der Waals surface area contributed by atoms with E-state index in [4.69, 9.17) is 4.98 Å². The maximum atomic E-state index is 4.82. The summed E-state index contributed by atoms with van der Waals surface area (Å²) in [5, 5.41) is 5.23. The van der Waals surface area contributed by atoms with Crippen molar-refractivity contribution >= 4 is 27.8 Å². The number of H-pyrrole nitrogens is 1. The van der Waals surface area contributed by atoms with E-state index >= 15 is 0 Å². The van der Waals surface area contributed by atoms with Crippen molar-refractivity contribution in [3.8, 4) is 22.5 Å². The lowest BCUT2D eigenvalue weighted by molar-refractivity contribution is 0.313. The van der Waals surface area contributed by atoms with Crippen LogP contribution in [-0.4, -0.2) is 67.8 Å². The van der Waals surface area contributed by atoms with Crippen LogP contribution in [0.2, 0.25) is 0 Å². The van der Waals surface area contributed by atoms with Gasteiger partial charge in [-0.1, -0.05) is 12.1 Å². The molecular weight excluding hydrogens is 400 g/mol. The van der Waals surface area contributed by atoms with Crippen molar-refractivity contribution in [2.45, 2.75) is 0 Å². The number of piperazine rings is 1. The van der Waals surface area contributed by atoms with Crippen LogP contribution in [0.5, 0.6) is 0 Å². The summed E-state index contributed by atoms with van der Waals surface area (Å²) < 4.78 is 1.75. The van der Waals surface area contributed by atoms with Crippen LogP contribution in [0.3, 0.4) is 0 Å². The van der Waals surface area contributed by atoms with Gasteiger partial charge in [0.05, 0.1) is 23.5 Å². The molecule has 4 aromatic heterocycles. The summed E-state index contributed by atoms with van der Waals surface area (Å²) >= 11 is 0. The maximum absolute atomic E-state index is 4.82. The van der Waals surface area contributed by atoms with Gasteiger partial charge in [-0.2, -0.15) is 5.10 Å². The largest absolute Gasteiger partial charge is 0.369 e. The Morgan fingerprint density at radius 3 is 2.41 bits per heavy atom. The van der Waals surface area contributed by atoms with E-state index in [-0.39, 0.29) is 0 Å². The number of hydrogen-bond donors (Lipinski definition) is 1. The maximum Gasteiger partial charge on any atom is 0.163 e. The number of pyridine rings is 1. The van der Waals surface area contributed by atoms with Crippen molar-refractivity contribution in [1.29, 1.82) is 0 Å². The molecule has 1 aliphatic heterocycles. The molecule has 0 saturated carbocycles. The van der Waals surface area contributed by atoms with Gasteiger partial charge in [0.2, 0.25) is 0 Å². The molecule has 5 aromatic rings. The number of anilines is 1. The van der Waals surface area contributed by atoms with E-state index in [1.165, 1.54) is 5.69 Å². The van der Waals surface area contributed by atoms with Gasteiger partial charge in [-0.25, -0.2) is 15.0 Å². The Labute approximate surface area is 185 Å². The van der Waals surface area contributed by atoms with Crippen LogP contribution >= 0.6 is 0 Å². The lowest BCUT2D eigenvalue weighted by atomic mass is 10.1. The molecule has 0 atom stereocenters. The smallest absolute Gasteiger partial charge is 0.163 e. The fraction of sp³-hybridized carbons (Fsp3) is 0.250. The number of nitrogens with zero attached hydrogens (tertiary/aromatic N) is 7. The van der Waals surface area contributed by atoms with Crippen molar-refractivity contribution in [3.63, 3.8) is 0 Å². The molecule has 0 amide bonds. The highest BCUT2D eigenvalue weighted by Gasteiger charge is 2.15. The second-order valence-electron chi connectivity index (χ2n) is 8.44. The molecule has 160 valence electrons. The summed E-state index contributed by atoms with van der Waals surface area (Å²) in [5.74, 6) is 0.661. The van der Waals surface area contributed by atoms with E-state index in [0.717, 1.165) is 64.9 Å². The van der Waals surface area contributed by atoms with Crippen molar-refractivity contribution in [1.82, 2.24) is 34.6 Å². The third-order valence-electron chi connectivity index (χ3n) is 6.22. The average molecular weight is 425 g/mol. The van der Waals surface area contributed by atoms with Gasteiger partial charge in [0, 0.05) is 62.3 Å². The summed E-state index contributed by atoms with van der Waals surface area (Å²) in [5.41, 5.74) is 6.96. The van der Waals surface area contributed by atoms with Crippen molar-refractivity contribution in [2.24, 2.45) is 7.05 Å². The lowest BCUT2D eigenvalue weighted by Gasteiger charge is -2.34. The summed E-state index contributed by atoms with van der Waals surface area (Å²) in [4.78, 5) is 22.1. The molecule has 8 heteroatoms. The van der Waals surface area contributed by atoms with Crippen LogP contribution in [0.1, 0.15) is 0 Å². The first-order valence-corrected chi connectivity index (χ1v) is 10.8. The molecule has 1 aliphatic rings. The third kappa shape index (κ3) is 3.29. The Balaban J connectivity index is 1.36. The summed E-state index contributed by atoms with van der Waals surface area (Å²) in [7, 11) is 4.07. The monoisotopic (exact) mass is 424 g/mol. The molecule has 0 unspecified atom stereocenters. The van der Waals surface area contributed by atoms with Crippen LogP contribution in [-0.2, 0) is 7.05 Å². The standard InChI is InChI=1S/C24H24N8/c1-30-7-9-32(10-8-30)19-5-3-16(4-6-19)17-11-20-22-21(28-24(20)25-12-17)14-26-23(29-22)18-13-27-31(2)15-18/h3-6,11-15H,7-10H2,1-2H3,(H,25,28). The van der Waals surface area contributed by atoms with E-state index in [1.54, 1.807) is 10.9 Å². The highest BCUT2D eigenvalue weighted by molar-refractivity contribution is 6.04. The fourth-order valence-corrected chi connectivity index (χ4v) is 4.31. The zero-order valence-corrected chi connectivity index (χ0v) is 18.2. The van der Waals surface area contributed by atoms with E-state index in [1.807, 2.05) is 25.6 Å². The Morgan fingerprint density at radius 2 is 1.66 bits per heavy atom. The first-order valence-electron chi connectivity index (χ1n) is 10.8. The van der Waals surface area contributed by atoms with Crippen LogP contribution in [0.4, 0.5) is 5.69 Å². The van der Waals surface area contributed by atoms with Crippen molar-refractivity contribution in [2.75, 3.05) is 38.1 Å². The Bertz CT molecular complexity index is 1410. The molecule has 0 spiro atoms. The molecule has 32 heavy (non-hydrogen) atoms. The minimum atomic E-state index is 0.661. The van der Waals surface area contributed by atoms with Crippen molar-refractivity contribution in [3.05, 3.63) is 55.1 Å². The van der Waals surface area contributed by atoms with Gasteiger partial charge in [0.15, 0.2) is 5.82 Å². The second-order valence-corrected chi connectivity index (χ2v) is 8.44. The zero-order chi connectivity index (χ0) is 21.7. The fourth-order valence-electron chi connectivity index (χ4n) is 4.31. The average Bonchev–Trinajstić information content (AvgIpc) is 3.42. The molecule has 0 bridgehead atoms. The molecule has 6 rings (SSSR count). The van der Waals surface area contributed by atoms with Gasteiger partial charge in [-0.3, -0.25) is 4.68 Å². The topological polar surface area (TPSA) is 78.8 Å². The second kappa shape index (κ2) is 7.42. The number of aromatic nitrogens is 6. The third-order valence-corrected chi connectivity index (χ3v) is 6.22. The number of aryl methyl sites for hydroxylation is 1. The van der Waals surface area contributed by atoms with Crippen LogP contribution in [0.15, 0.2) is 55.1 Å². The lowest BCUT2D eigenvalue weighted by Crippen LogP contribution is -2.44. The number of rotatable bonds is 3. The first-order chi connectivity index (χ1) is 15.6. The molecule has 1 saturated heterocycles. The van der Waals surface area contributed by atoms with Gasteiger partial charge >= 0.3 is 0 Å². The van der Waals surface area contributed by atoms with E-state index in [0.29, 0.717) is 5.82 Å². The number of nitrogens with one attached hydrogen (secondary N) is 1. The predicted octanol–water partition coefficient (Wildman–Crippen LogP) is 3.33. The SMILES string of the molecule is CN1CCN(c2ccc(-c3cnc4[nH]c5cnc(-c6cnn(C)c6)nc5c4c3)cc2)CC1. The van der Waals surface area contributed by atoms with Gasteiger partial charge < -0.3 is 14.8 Å². The van der Waals surface area contributed by atoms with Crippen molar-refractivity contribution < 1.29 is 0 Å². The molecule has 1 aromatic carbocycles. The highest BCUT2D eigenvalue weighted by atomic mass is 15.2. The predicted molar refractivity (Wildman–Crippen MR) is 127 cm³/mol. The highest BCUT2D eigenvalue weighted by Crippen LogP contribution is 2.29. The number of fused-ring (bicyclic) bond motifs is 3. The quantitative estimate of drug-likeness (QED) is 0.479. The minimum absolute atomic E-state index is 0.661. The van der Waals surface area contributed by atoms with Gasteiger partial charge in [0.25, 0.3) is 0 Å². The Hall–Kier alpha value is -3.78. The van der Waals surface area contributed by atoms with E-state index in [2.05, 4.69) is 67.2 Å². The molecule has 1 fully saturated rings. The van der Waals surface area contributed by atoms with Gasteiger partial charge in [-0.05, 0) is 30.8 Å². The molecule has 5 heterocycles. The molecule has 0 aliphatic carbocycles. The van der Waals surface area contributed by atoms with Gasteiger partial charge in [-0.15, -0.1) is 0 Å². The number of hydrogen-bond acceptors (Lipinski definition) is 6. The van der Waals surface area contributed by atoms with E-state index < -0.39 is 0 Å². The first kappa shape index (κ1) is 18.9. The summed E-state index contributed by atoms with van der Waals surface area (Å²) in [6.07, 6.45) is 7.43. The van der Waals surface area contributed by atoms with Crippen LogP contribution < -0.4 is 4.90 Å². The Morgan fingerprint density at radius 1 is 0.844 bits per heavy atom. The molecular formula is C24H24N8. The minimum Gasteiger partial charge on any atom is -0.369 e. The molecule has 0 radical (unpaired) electrons. The number of benzene rings is 1. The number of aromatic amines is 1. The summed E-state index contributed by atoms with van der Waals surface area (Å²) in [6, 6.07) is 10.9. The zero-order valence-electron chi connectivity index (χ0n) is 18.2.